The van der Waals surface area contributed by atoms with Crippen molar-refractivity contribution in [3.8, 4) is 17.1 Å². The third-order valence-electron chi connectivity index (χ3n) is 9.76. The summed E-state index contributed by atoms with van der Waals surface area (Å²) in [5.74, 6) is 0.215. The number of piperazine rings is 1. The molecule has 0 saturated carbocycles. The molecule has 4 saturated heterocycles. The Labute approximate surface area is 248 Å². The molecule has 6 nitrogen and oxygen atoms in total. The maximum atomic E-state index is 16.8. The van der Waals surface area contributed by atoms with E-state index in [0.717, 1.165) is 62.6 Å². The van der Waals surface area contributed by atoms with Crippen LogP contribution in [0.3, 0.4) is 0 Å². The van der Waals surface area contributed by atoms with E-state index in [1.165, 1.54) is 12.8 Å². The molecule has 9 heteroatoms. The van der Waals surface area contributed by atoms with Gasteiger partial charge < -0.3 is 15.0 Å². The van der Waals surface area contributed by atoms with Crippen molar-refractivity contribution in [3.63, 3.8) is 0 Å². The first kappa shape index (κ1) is 26.0. The van der Waals surface area contributed by atoms with Crippen molar-refractivity contribution in [3.05, 3.63) is 58.3 Å². The zero-order valence-corrected chi connectivity index (χ0v) is 24.3. The Balaban J connectivity index is 1.28. The molecule has 2 atom stereocenters. The minimum absolute atomic E-state index is 0.0377. The van der Waals surface area contributed by atoms with Crippen molar-refractivity contribution in [2.45, 2.75) is 56.1 Å². The second-order valence-corrected chi connectivity index (χ2v) is 13.0. The molecule has 2 bridgehead atoms. The highest BCUT2D eigenvalue weighted by Crippen LogP contribution is 2.44. The zero-order valence-electron chi connectivity index (χ0n) is 22.8. The number of fused-ring (bicyclic) bond motifs is 5. The van der Waals surface area contributed by atoms with Gasteiger partial charge in [-0.15, -0.1) is 0 Å². The molecule has 1 aromatic heterocycles. The van der Waals surface area contributed by atoms with E-state index in [0.29, 0.717) is 51.1 Å². The molecule has 3 aromatic carbocycles. The Morgan fingerprint density at radius 2 is 1.71 bits per heavy atom. The number of nitrogens with zero attached hydrogens (tertiary/aromatic N) is 4. The molecule has 2 unspecified atom stereocenters. The molecule has 5 heterocycles. The van der Waals surface area contributed by atoms with Gasteiger partial charge in [0.05, 0.1) is 10.6 Å². The number of nitrogens with one attached hydrogen (secondary N) is 1. The van der Waals surface area contributed by atoms with Crippen molar-refractivity contribution < 1.29 is 9.13 Å². The van der Waals surface area contributed by atoms with Crippen LogP contribution in [0.4, 0.5) is 10.2 Å². The van der Waals surface area contributed by atoms with Crippen LogP contribution in [-0.2, 0) is 0 Å². The van der Waals surface area contributed by atoms with E-state index in [1.807, 2.05) is 42.5 Å². The molecule has 0 radical (unpaired) electrons. The van der Waals surface area contributed by atoms with Gasteiger partial charge in [-0.3, -0.25) is 4.90 Å². The van der Waals surface area contributed by atoms with Gasteiger partial charge in [-0.25, -0.2) is 4.39 Å². The highest BCUT2D eigenvalue weighted by Gasteiger charge is 2.45. The summed E-state index contributed by atoms with van der Waals surface area (Å²) in [6.07, 6.45) is 6.86. The number of anilines is 1. The number of hydrogen-bond donors (Lipinski definition) is 1. The molecule has 4 aromatic rings. The monoisotopic (exact) mass is 591 g/mol. The van der Waals surface area contributed by atoms with Crippen molar-refractivity contribution in [2.75, 3.05) is 37.7 Å². The molecular weight excluding hydrogens is 560 g/mol. The zero-order chi connectivity index (χ0) is 27.7. The molecule has 0 spiro atoms. The fourth-order valence-corrected chi connectivity index (χ4v) is 8.42. The number of ether oxygens (including phenoxy) is 1. The first-order chi connectivity index (χ1) is 20.0. The molecule has 4 aliphatic heterocycles. The summed E-state index contributed by atoms with van der Waals surface area (Å²) >= 11 is 13.6. The summed E-state index contributed by atoms with van der Waals surface area (Å²) in [6.45, 7) is 4.35. The fourth-order valence-electron chi connectivity index (χ4n) is 7.85. The fraction of sp³-hybridized carbons (Fsp3) is 0.438. The second kappa shape index (κ2) is 9.94. The molecule has 1 N–H and O–H groups in total. The Bertz CT molecular complexity index is 1650. The largest absolute Gasteiger partial charge is 0.461 e. The van der Waals surface area contributed by atoms with E-state index in [9.17, 15) is 0 Å². The van der Waals surface area contributed by atoms with Crippen LogP contribution in [0, 0.1) is 5.82 Å². The molecular formula is C32H32Cl2FN5O. The predicted octanol–water partition coefficient (Wildman–Crippen LogP) is 6.84. The van der Waals surface area contributed by atoms with E-state index in [-0.39, 0.29) is 17.1 Å². The Hall–Kier alpha value is -2.71. The molecule has 0 aliphatic carbocycles. The van der Waals surface area contributed by atoms with Gasteiger partial charge in [0.15, 0.2) is 5.82 Å². The van der Waals surface area contributed by atoms with Crippen molar-refractivity contribution in [2.24, 2.45) is 0 Å². The molecule has 0 amide bonds. The van der Waals surface area contributed by atoms with Crippen LogP contribution < -0.4 is 15.0 Å². The van der Waals surface area contributed by atoms with Crippen LogP contribution in [0.2, 0.25) is 10.0 Å². The van der Waals surface area contributed by atoms with Crippen LogP contribution in [-0.4, -0.2) is 65.3 Å². The number of rotatable bonds is 5. The SMILES string of the molecule is Fc1c(-c2cccc3cccc(Cl)c23)c(Cl)cc2c(N3CC4CCC(C3)N4)nc(OCC34CCCN3CCC4)nc12. The van der Waals surface area contributed by atoms with Gasteiger partial charge >= 0.3 is 6.01 Å². The lowest BCUT2D eigenvalue weighted by molar-refractivity contribution is 0.108. The molecule has 8 rings (SSSR count). The van der Waals surface area contributed by atoms with Gasteiger partial charge in [0.2, 0.25) is 0 Å². The standard InChI is InChI=1S/C32H32Cl2FN5O/c33-24-8-2-6-19-5-1-7-22(26(19)24)27-25(34)15-23-29(28(27)35)37-31(41-18-32-11-3-13-40(32)14-4-12-32)38-30(23)39-16-20-9-10-21(17-39)36-20/h1-2,5-8,15,20-21,36H,3-4,9-14,16-18H2. The quantitative estimate of drug-likeness (QED) is 0.274. The van der Waals surface area contributed by atoms with E-state index < -0.39 is 5.82 Å². The lowest BCUT2D eigenvalue weighted by Crippen LogP contribution is -2.51. The topological polar surface area (TPSA) is 53.5 Å². The summed E-state index contributed by atoms with van der Waals surface area (Å²) in [4.78, 5) is 14.5. The van der Waals surface area contributed by atoms with E-state index in [1.54, 1.807) is 0 Å². The van der Waals surface area contributed by atoms with Crippen LogP contribution >= 0.6 is 23.2 Å². The highest BCUT2D eigenvalue weighted by atomic mass is 35.5. The lowest BCUT2D eigenvalue weighted by Gasteiger charge is -2.35. The van der Waals surface area contributed by atoms with Crippen LogP contribution in [0.25, 0.3) is 32.8 Å². The van der Waals surface area contributed by atoms with E-state index >= 15 is 4.39 Å². The van der Waals surface area contributed by atoms with Crippen LogP contribution in [0.1, 0.15) is 38.5 Å². The van der Waals surface area contributed by atoms with Gasteiger partial charge in [0, 0.05) is 46.5 Å². The maximum absolute atomic E-state index is 16.8. The first-order valence-corrected chi connectivity index (χ1v) is 15.5. The second-order valence-electron chi connectivity index (χ2n) is 12.2. The van der Waals surface area contributed by atoms with Gasteiger partial charge in [0.1, 0.15) is 17.9 Å². The van der Waals surface area contributed by atoms with E-state index in [4.69, 9.17) is 37.9 Å². The predicted molar refractivity (Wildman–Crippen MR) is 163 cm³/mol. The number of halogens is 3. The summed E-state index contributed by atoms with van der Waals surface area (Å²) in [5.41, 5.74) is 1.21. The first-order valence-electron chi connectivity index (χ1n) is 14.8. The van der Waals surface area contributed by atoms with E-state index in [2.05, 4.69) is 15.1 Å². The third-order valence-corrected chi connectivity index (χ3v) is 10.4. The van der Waals surface area contributed by atoms with Gasteiger partial charge in [-0.05, 0) is 74.7 Å². The molecule has 212 valence electrons. The minimum Gasteiger partial charge on any atom is -0.461 e. The molecule has 41 heavy (non-hydrogen) atoms. The van der Waals surface area contributed by atoms with Gasteiger partial charge in [-0.2, -0.15) is 9.97 Å². The summed E-state index contributed by atoms with van der Waals surface area (Å²) in [7, 11) is 0. The maximum Gasteiger partial charge on any atom is 0.319 e. The summed E-state index contributed by atoms with van der Waals surface area (Å²) in [5, 5.41) is 6.84. The average molecular weight is 593 g/mol. The number of aromatic nitrogens is 2. The minimum atomic E-state index is -0.479. The Morgan fingerprint density at radius 3 is 2.46 bits per heavy atom. The molecule has 4 aliphatic rings. The van der Waals surface area contributed by atoms with Crippen LogP contribution in [0.5, 0.6) is 6.01 Å². The summed E-state index contributed by atoms with van der Waals surface area (Å²) in [6, 6.07) is 14.3. The summed E-state index contributed by atoms with van der Waals surface area (Å²) < 4.78 is 23.2. The number of hydrogen-bond acceptors (Lipinski definition) is 6. The smallest absolute Gasteiger partial charge is 0.319 e. The lowest BCUT2D eigenvalue weighted by atomic mass is 9.95. The Kier molecular flexibility index (Phi) is 6.29. The average Bonchev–Trinajstić information content (AvgIpc) is 3.65. The molecule has 4 fully saturated rings. The third kappa shape index (κ3) is 4.27. The highest BCUT2D eigenvalue weighted by molar-refractivity contribution is 6.38. The van der Waals surface area contributed by atoms with Crippen molar-refractivity contribution in [1.82, 2.24) is 20.2 Å². The van der Waals surface area contributed by atoms with Crippen LogP contribution in [0.15, 0.2) is 42.5 Å². The van der Waals surface area contributed by atoms with Gasteiger partial charge in [0.25, 0.3) is 0 Å². The van der Waals surface area contributed by atoms with Crippen molar-refractivity contribution >= 4 is 50.7 Å². The van der Waals surface area contributed by atoms with Gasteiger partial charge in [-0.1, -0.05) is 53.5 Å². The normalized spacial score (nSPS) is 23.5. The number of benzene rings is 3. The Morgan fingerprint density at radius 1 is 0.976 bits per heavy atom. The van der Waals surface area contributed by atoms with Crippen molar-refractivity contribution in [1.29, 1.82) is 0 Å².